The molecule has 140 valence electrons. The third-order valence-corrected chi connectivity index (χ3v) is 14.7. The molecule has 2 atom stereocenters. The Labute approximate surface area is 208 Å². The van der Waals surface area contributed by atoms with E-state index in [0.29, 0.717) is 0 Å². The first-order valence-corrected chi connectivity index (χ1v) is 10.8. The van der Waals surface area contributed by atoms with Gasteiger partial charge in [-0.15, -0.1) is 23.2 Å². The smallest absolute Gasteiger partial charge is 0.110 e. The maximum absolute atomic E-state index is 6.63. The predicted octanol–water partition coefficient (Wildman–Crippen LogP) is 8.57. The van der Waals surface area contributed by atoms with Crippen LogP contribution in [0, 0.1) is 0 Å². The molecule has 0 aromatic carbocycles. The summed E-state index contributed by atoms with van der Waals surface area (Å²) in [6.07, 6.45) is 0. The lowest BCUT2D eigenvalue weighted by Gasteiger charge is -2.64. The van der Waals surface area contributed by atoms with Gasteiger partial charge in [0.25, 0.3) is 0 Å². The maximum Gasteiger partial charge on any atom is 0.188 e. The molecule has 2 rings (SSSR count). The zero-order valence-electron chi connectivity index (χ0n) is 10.5. The highest BCUT2D eigenvalue weighted by molar-refractivity contribution is 6.81. The second-order valence-corrected chi connectivity index (χ2v) is 14.3. The van der Waals surface area contributed by atoms with Gasteiger partial charge in [0.2, 0.25) is 0 Å². The average Bonchev–Trinajstić information content (AvgIpc) is 2.48. The minimum Gasteiger partial charge on any atom is -0.110 e. The second-order valence-electron chi connectivity index (χ2n) is 5.24. The van der Waals surface area contributed by atoms with E-state index < -0.39 is 35.7 Å². The molecule has 0 N–H and O–H groups in total. The van der Waals surface area contributed by atoms with Gasteiger partial charge in [0.1, 0.15) is 9.75 Å². The van der Waals surface area contributed by atoms with Crippen LogP contribution in [0.1, 0.15) is 0 Å². The van der Waals surface area contributed by atoms with E-state index in [0.717, 1.165) is 0 Å². The quantitative estimate of drug-likeness (QED) is 0.189. The molecule has 0 radical (unpaired) electrons. The number of allylic oxidation sites excluding steroid dienone is 1. The van der Waals surface area contributed by atoms with Crippen LogP contribution in [0.25, 0.3) is 0 Å². The van der Waals surface area contributed by atoms with Crippen LogP contribution in [0.3, 0.4) is 0 Å². The Morgan fingerprint density at radius 3 is 1.17 bits per heavy atom. The van der Waals surface area contributed by atoms with Gasteiger partial charge in [-0.05, 0) is 5.57 Å². The van der Waals surface area contributed by atoms with E-state index in [1.165, 1.54) is 0 Å². The number of hydrogen-bond donors (Lipinski definition) is 0. The van der Waals surface area contributed by atoms with Gasteiger partial charge in [-0.25, -0.2) is 0 Å². The summed E-state index contributed by atoms with van der Waals surface area (Å²) < 4.78 is -14.9. The van der Waals surface area contributed by atoms with E-state index in [1.807, 2.05) is 0 Å². The lowest BCUT2D eigenvalue weighted by molar-refractivity contribution is 0.283. The largest absolute Gasteiger partial charge is 0.188 e. The van der Waals surface area contributed by atoms with E-state index >= 15 is 0 Å². The van der Waals surface area contributed by atoms with Crippen LogP contribution >= 0.6 is 162 Å². The lowest BCUT2D eigenvalue weighted by Crippen LogP contribution is -2.83. The van der Waals surface area contributed by atoms with Crippen LogP contribution in [0.2, 0.25) is 0 Å². The summed E-state index contributed by atoms with van der Waals surface area (Å²) in [5, 5.41) is 0. The summed E-state index contributed by atoms with van der Waals surface area (Å²) in [7, 11) is 0. The third-order valence-electron chi connectivity index (χ3n) is 4.14. The lowest BCUT2D eigenvalue weighted by atomic mass is 9.75. The van der Waals surface area contributed by atoms with Crippen LogP contribution < -0.4 is 0 Å². The molecular formula is C10H2Cl14. The summed E-state index contributed by atoms with van der Waals surface area (Å²) in [5.41, 5.74) is -0.356. The zero-order chi connectivity index (χ0) is 19.6. The van der Waals surface area contributed by atoms with E-state index in [-0.39, 0.29) is 5.57 Å². The fourth-order valence-corrected chi connectivity index (χ4v) is 9.20. The van der Waals surface area contributed by atoms with E-state index in [9.17, 15) is 0 Å². The molecule has 0 amide bonds. The topological polar surface area (TPSA) is 0 Å². The van der Waals surface area contributed by atoms with E-state index in [1.54, 1.807) is 0 Å². The predicted molar refractivity (Wildman–Crippen MR) is 113 cm³/mol. The molecule has 2 unspecified atom stereocenters. The monoisotopic (exact) mass is 612 g/mol. The zero-order valence-corrected chi connectivity index (χ0v) is 21.1. The van der Waals surface area contributed by atoms with E-state index in [4.69, 9.17) is 162 Å². The van der Waals surface area contributed by atoms with Gasteiger partial charge >= 0.3 is 0 Å². The molecule has 14 heteroatoms. The normalized spacial score (nSPS) is 43.3. The highest BCUT2D eigenvalue weighted by Crippen LogP contribution is 2.85. The van der Waals surface area contributed by atoms with Gasteiger partial charge in [-0.2, -0.15) is 0 Å². The number of hydrogen-bond acceptors (Lipinski definition) is 0. The molecule has 2 fully saturated rings. The molecule has 0 bridgehead atoms. The van der Waals surface area contributed by atoms with Crippen molar-refractivity contribution in [2.75, 3.05) is 0 Å². The van der Waals surface area contributed by atoms with Crippen molar-refractivity contribution < 1.29 is 0 Å². The summed E-state index contributed by atoms with van der Waals surface area (Å²) in [6, 6.07) is 0. The molecule has 2 aliphatic carbocycles. The number of fused-ring (bicyclic) bond motifs is 1. The molecule has 0 nitrogen and oxygen atoms in total. The van der Waals surface area contributed by atoms with Gasteiger partial charge in [0.15, 0.2) is 26.0 Å². The molecule has 0 aliphatic heterocycles. The van der Waals surface area contributed by atoms with E-state index in [2.05, 4.69) is 6.58 Å². The Bertz CT molecular complexity index is 617. The van der Waals surface area contributed by atoms with Crippen LogP contribution in [0.4, 0.5) is 0 Å². The van der Waals surface area contributed by atoms with Crippen molar-refractivity contribution in [1.82, 2.24) is 0 Å². The molecule has 0 aromatic rings. The Kier molecular flexibility index (Phi) is 5.96. The molecule has 0 saturated heterocycles. The fraction of sp³-hybridized carbons (Fsp3) is 0.800. The molecule has 24 heavy (non-hydrogen) atoms. The highest BCUT2D eigenvalue weighted by atomic mass is 35.6. The Morgan fingerprint density at radius 1 is 0.458 bits per heavy atom. The number of halogens is 14. The molecule has 2 aliphatic rings. The van der Waals surface area contributed by atoms with Gasteiger partial charge in [0.05, 0.1) is 0 Å². The first-order chi connectivity index (χ1) is 10.2. The van der Waals surface area contributed by atoms with Crippen LogP contribution in [-0.4, -0.2) is 35.7 Å². The van der Waals surface area contributed by atoms with Gasteiger partial charge < -0.3 is 0 Å². The molecule has 0 spiro atoms. The molecule has 0 heterocycles. The van der Waals surface area contributed by atoms with Gasteiger partial charge in [-0.3, -0.25) is 0 Å². The maximum atomic E-state index is 6.63. The Balaban J connectivity index is 3.10. The van der Waals surface area contributed by atoms with Crippen molar-refractivity contribution in [1.29, 1.82) is 0 Å². The molecule has 0 aromatic heterocycles. The number of rotatable bonds is 0. The Morgan fingerprint density at radius 2 is 0.792 bits per heavy atom. The molecular weight excluding hydrogens is 616 g/mol. The summed E-state index contributed by atoms with van der Waals surface area (Å²) in [5.74, 6) is 0. The minimum absolute atomic E-state index is 0.356. The van der Waals surface area contributed by atoms with Crippen LogP contribution in [0.15, 0.2) is 12.2 Å². The first-order valence-electron chi connectivity index (χ1n) is 5.50. The molecule has 2 saturated carbocycles. The minimum atomic E-state index is -2.58. The standard InChI is InChI=1S/C10H2Cl14/c1-2-3(11)5(14,7(17,18)4(2,12)13)8(19,20)10(23,24)9(21,22)6(3,15)16/h1H2. The average molecular weight is 618 g/mol. The summed E-state index contributed by atoms with van der Waals surface area (Å²) in [4.78, 5) is -4.89. The van der Waals surface area contributed by atoms with Gasteiger partial charge in [0, 0.05) is 0 Å². The van der Waals surface area contributed by atoms with Gasteiger partial charge in [-0.1, -0.05) is 146 Å². The first kappa shape index (κ1) is 24.1. The summed E-state index contributed by atoms with van der Waals surface area (Å²) >= 11 is 88.7. The van der Waals surface area contributed by atoms with Crippen LogP contribution in [0.5, 0.6) is 0 Å². The van der Waals surface area contributed by atoms with Crippen molar-refractivity contribution in [2.24, 2.45) is 0 Å². The summed E-state index contributed by atoms with van der Waals surface area (Å²) in [6.45, 7) is 3.64. The van der Waals surface area contributed by atoms with Crippen molar-refractivity contribution in [3.05, 3.63) is 12.2 Å². The highest BCUT2D eigenvalue weighted by Gasteiger charge is 2.97. The van der Waals surface area contributed by atoms with Crippen molar-refractivity contribution in [3.63, 3.8) is 0 Å². The third kappa shape index (κ3) is 2.06. The SMILES string of the molecule is C=C1C(Cl)(Cl)C(Cl)(Cl)C2(Cl)C(Cl)(Cl)C(Cl)(Cl)C(Cl)(Cl)C(Cl)(Cl)C12Cl. The van der Waals surface area contributed by atoms with Crippen LogP contribution in [-0.2, 0) is 0 Å². The fourth-order valence-electron chi connectivity index (χ4n) is 2.69. The number of alkyl halides is 14. The van der Waals surface area contributed by atoms with Crippen molar-refractivity contribution in [3.8, 4) is 0 Å². The Hall–Kier alpha value is 3.80. The van der Waals surface area contributed by atoms with Crippen molar-refractivity contribution in [2.45, 2.75) is 35.7 Å². The second kappa shape index (κ2) is 5.94. The van der Waals surface area contributed by atoms with Crippen molar-refractivity contribution >= 4 is 162 Å².